The summed E-state index contributed by atoms with van der Waals surface area (Å²) in [6, 6.07) is 12.0. The summed E-state index contributed by atoms with van der Waals surface area (Å²) >= 11 is 0. The van der Waals surface area contributed by atoms with Crippen LogP contribution in [0.1, 0.15) is 32.1 Å². The molecule has 0 amide bonds. The van der Waals surface area contributed by atoms with E-state index in [-0.39, 0.29) is 0 Å². The average molecular weight is 244 g/mol. The fraction of sp³-hybridized carbons (Fsp3) is 0.429. The highest BCUT2D eigenvalue weighted by atomic mass is 16.1. The van der Waals surface area contributed by atoms with Crippen molar-refractivity contribution >= 4 is 12.2 Å². The minimum atomic E-state index is -0.818. The van der Waals surface area contributed by atoms with Crippen LogP contribution in [0.2, 0.25) is 0 Å². The summed E-state index contributed by atoms with van der Waals surface area (Å²) in [7, 11) is 0. The Morgan fingerprint density at radius 3 is 1.44 bits per heavy atom. The highest BCUT2D eigenvalue weighted by molar-refractivity contribution is 5.39. The first-order chi connectivity index (χ1) is 8.83. The maximum absolute atomic E-state index is 10.1. The molecular formula is C14H16N2O2. The molecule has 0 unspecified atom stereocenters. The number of benzene rings is 1. The number of hydrogen-bond donors (Lipinski definition) is 0. The van der Waals surface area contributed by atoms with E-state index in [1.54, 1.807) is 0 Å². The molecule has 0 aromatic heterocycles. The van der Waals surface area contributed by atoms with E-state index in [1.165, 1.54) is 12.2 Å². The molecule has 94 valence electrons. The Balaban J connectivity index is 0.000000225. The summed E-state index contributed by atoms with van der Waals surface area (Å²) in [6.07, 6.45) is 7.28. The van der Waals surface area contributed by atoms with Gasteiger partial charge < -0.3 is 0 Å². The maximum atomic E-state index is 10.1. The highest BCUT2D eigenvalue weighted by Crippen LogP contribution is 2.31. The molecule has 0 radical (unpaired) electrons. The molecule has 1 aromatic carbocycles. The summed E-state index contributed by atoms with van der Waals surface area (Å²) in [4.78, 5) is 27.3. The normalized spacial score (nSPS) is 16.2. The second-order valence-corrected chi connectivity index (χ2v) is 4.10. The quantitative estimate of drug-likeness (QED) is 0.593. The van der Waals surface area contributed by atoms with Gasteiger partial charge in [0.05, 0.1) is 0 Å². The molecule has 0 N–H and O–H groups in total. The summed E-state index contributed by atoms with van der Waals surface area (Å²) in [5.41, 5.74) is -0.818. The zero-order chi connectivity index (χ0) is 13.1. The van der Waals surface area contributed by atoms with Crippen molar-refractivity contribution in [1.82, 2.24) is 0 Å². The van der Waals surface area contributed by atoms with Gasteiger partial charge in [-0.15, -0.1) is 0 Å². The number of isocyanates is 2. The second kappa shape index (κ2) is 8.13. The molecular weight excluding hydrogens is 228 g/mol. The van der Waals surface area contributed by atoms with Crippen LogP contribution >= 0.6 is 0 Å². The molecule has 0 spiro atoms. The van der Waals surface area contributed by atoms with Crippen molar-refractivity contribution in [2.75, 3.05) is 0 Å². The van der Waals surface area contributed by atoms with Crippen LogP contribution in [0.5, 0.6) is 0 Å². The Morgan fingerprint density at radius 1 is 0.722 bits per heavy atom. The topological polar surface area (TPSA) is 58.9 Å². The van der Waals surface area contributed by atoms with E-state index in [1.807, 2.05) is 36.4 Å². The lowest BCUT2D eigenvalue weighted by molar-refractivity contribution is 0.309. The predicted octanol–water partition coefficient (Wildman–Crippen LogP) is 3.01. The summed E-state index contributed by atoms with van der Waals surface area (Å²) in [5, 5.41) is 0. The van der Waals surface area contributed by atoms with Gasteiger partial charge in [0.2, 0.25) is 12.2 Å². The first-order valence-electron chi connectivity index (χ1n) is 6.01. The molecule has 0 saturated heterocycles. The standard InChI is InChI=1S/C8H10N2O2.C6H6/c11-6-9-8(10-7-12)4-2-1-3-5-8;1-2-4-6-5-3-1/h1-5H2;1-6H. The van der Waals surface area contributed by atoms with Crippen molar-refractivity contribution in [1.29, 1.82) is 0 Å². The van der Waals surface area contributed by atoms with Crippen LogP contribution < -0.4 is 0 Å². The van der Waals surface area contributed by atoms with Gasteiger partial charge >= 0.3 is 0 Å². The number of carbonyl (C=O) groups excluding carboxylic acids is 2. The molecule has 1 aliphatic carbocycles. The zero-order valence-corrected chi connectivity index (χ0v) is 10.2. The predicted molar refractivity (Wildman–Crippen MR) is 68.5 cm³/mol. The van der Waals surface area contributed by atoms with Crippen molar-refractivity contribution < 1.29 is 9.59 Å². The van der Waals surface area contributed by atoms with Gasteiger partial charge in [-0.25, -0.2) is 9.59 Å². The molecule has 1 aliphatic rings. The van der Waals surface area contributed by atoms with Gasteiger partial charge in [0.15, 0.2) is 5.66 Å². The summed E-state index contributed by atoms with van der Waals surface area (Å²) in [6.45, 7) is 0. The van der Waals surface area contributed by atoms with Gasteiger partial charge in [0.25, 0.3) is 0 Å². The van der Waals surface area contributed by atoms with Crippen molar-refractivity contribution in [3.05, 3.63) is 36.4 Å². The number of nitrogens with zero attached hydrogens (tertiary/aromatic N) is 2. The molecule has 0 atom stereocenters. The van der Waals surface area contributed by atoms with Crippen molar-refractivity contribution in [2.24, 2.45) is 9.98 Å². The lowest BCUT2D eigenvalue weighted by Gasteiger charge is -2.25. The summed E-state index contributed by atoms with van der Waals surface area (Å²) in [5.74, 6) is 0. The molecule has 2 rings (SSSR count). The first kappa shape index (κ1) is 14.0. The Bertz CT molecular complexity index is 380. The SMILES string of the molecule is O=C=NC1(N=C=O)CCCCC1.c1ccccc1. The van der Waals surface area contributed by atoms with Gasteiger partial charge in [-0.05, 0) is 25.7 Å². The molecule has 0 aliphatic heterocycles. The van der Waals surface area contributed by atoms with Crippen LogP contribution in [0.3, 0.4) is 0 Å². The van der Waals surface area contributed by atoms with E-state index >= 15 is 0 Å². The zero-order valence-electron chi connectivity index (χ0n) is 10.2. The van der Waals surface area contributed by atoms with E-state index in [0.29, 0.717) is 12.8 Å². The van der Waals surface area contributed by atoms with Gasteiger partial charge in [0.1, 0.15) is 0 Å². The van der Waals surface area contributed by atoms with Gasteiger partial charge in [-0.1, -0.05) is 42.8 Å². The van der Waals surface area contributed by atoms with Gasteiger partial charge in [0, 0.05) is 0 Å². The minimum absolute atomic E-state index is 0.664. The van der Waals surface area contributed by atoms with Gasteiger partial charge in [-0.2, -0.15) is 9.98 Å². The van der Waals surface area contributed by atoms with Crippen LogP contribution in [0.15, 0.2) is 46.4 Å². The fourth-order valence-corrected chi connectivity index (χ4v) is 1.92. The van der Waals surface area contributed by atoms with E-state index in [4.69, 9.17) is 0 Å². The lowest BCUT2D eigenvalue weighted by atomic mass is 9.90. The Morgan fingerprint density at radius 2 is 1.11 bits per heavy atom. The lowest BCUT2D eigenvalue weighted by Crippen LogP contribution is -2.26. The largest absolute Gasteiger partial charge is 0.237 e. The average Bonchev–Trinajstić information content (AvgIpc) is 2.43. The second-order valence-electron chi connectivity index (χ2n) is 4.10. The Labute approximate surface area is 106 Å². The van der Waals surface area contributed by atoms with Crippen LogP contribution in [0.25, 0.3) is 0 Å². The molecule has 1 saturated carbocycles. The first-order valence-corrected chi connectivity index (χ1v) is 6.01. The van der Waals surface area contributed by atoms with Crippen molar-refractivity contribution in [3.63, 3.8) is 0 Å². The third-order valence-electron chi connectivity index (χ3n) is 2.83. The Hall–Kier alpha value is -2.02. The number of hydrogen-bond acceptors (Lipinski definition) is 4. The maximum Gasteiger partial charge on any atom is 0.237 e. The molecule has 0 bridgehead atoms. The summed E-state index contributed by atoms with van der Waals surface area (Å²) < 4.78 is 0. The van der Waals surface area contributed by atoms with Crippen LogP contribution in [0.4, 0.5) is 0 Å². The molecule has 1 fully saturated rings. The smallest absolute Gasteiger partial charge is 0.211 e. The Kier molecular flexibility index (Phi) is 6.34. The fourth-order valence-electron chi connectivity index (χ4n) is 1.92. The van der Waals surface area contributed by atoms with Crippen LogP contribution in [0, 0.1) is 0 Å². The molecule has 1 aromatic rings. The molecule has 0 heterocycles. The van der Waals surface area contributed by atoms with E-state index in [2.05, 4.69) is 9.98 Å². The van der Waals surface area contributed by atoms with Gasteiger partial charge in [-0.3, -0.25) is 0 Å². The van der Waals surface area contributed by atoms with Crippen LogP contribution in [-0.2, 0) is 9.59 Å². The third kappa shape index (κ3) is 4.88. The highest BCUT2D eigenvalue weighted by Gasteiger charge is 2.31. The van der Waals surface area contributed by atoms with E-state index in [9.17, 15) is 9.59 Å². The van der Waals surface area contributed by atoms with E-state index < -0.39 is 5.66 Å². The molecule has 18 heavy (non-hydrogen) atoms. The van der Waals surface area contributed by atoms with E-state index in [0.717, 1.165) is 19.3 Å². The minimum Gasteiger partial charge on any atom is -0.211 e. The monoisotopic (exact) mass is 244 g/mol. The van der Waals surface area contributed by atoms with Crippen molar-refractivity contribution in [2.45, 2.75) is 37.8 Å². The van der Waals surface area contributed by atoms with Crippen LogP contribution in [-0.4, -0.2) is 17.8 Å². The third-order valence-corrected chi connectivity index (χ3v) is 2.83. The molecule has 4 nitrogen and oxygen atoms in total. The molecule has 4 heteroatoms. The number of aliphatic imine (C=N–C) groups is 2. The van der Waals surface area contributed by atoms with Crippen molar-refractivity contribution in [3.8, 4) is 0 Å². The number of rotatable bonds is 2.